The largest absolute Gasteiger partial charge is 0.309 e. The molecular formula is C42H27NS. The van der Waals surface area contributed by atoms with E-state index in [2.05, 4.69) is 59.2 Å². The SMILES string of the molecule is [2H]c1c([2H])c([2H])c2c(sc3c([2H])c([2H])c([2H])c(-c4ccccc4-c4ccccc4-n4c5ccccc5c5cc(-c6ccccc6)ccc54)c32)c1[2H]. The summed E-state index contributed by atoms with van der Waals surface area (Å²) >= 11 is 1.08. The van der Waals surface area contributed by atoms with Gasteiger partial charge in [0.05, 0.1) is 26.3 Å². The van der Waals surface area contributed by atoms with Crippen molar-refractivity contribution >= 4 is 53.3 Å². The van der Waals surface area contributed by atoms with Gasteiger partial charge < -0.3 is 4.57 Å². The number of rotatable bonds is 4. The van der Waals surface area contributed by atoms with Crippen LogP contribution in [0.5, 0.6) is 0 Å². The van der Waals surface area contributed by atoms with Crippen molar-refractivity contribution in [1.29, 1.82) is 0 Å². The molecule has 0 radical (unpaired) electrons. The first-order valence-electron chi connectivity index (χ1n) is 18.0. The van der Waals surface area contributed by atoms with Crippen LogP contribution in [-0.4, -0.2) is 4.57 Å². The number of hydrogen-bond acceptors (Lipinski definition) is 1. The average Bonchev–Trinajstić information content (AvgIpc) is 3.73. The Kier molecular flexibility index (Phi) is 4.35. The summed E-state index contributed by atoms with van der Waals surface area (Å²) in [7, 11) is 0. The first-order chi connectivity index (χ1) is 24.8. The summed E-state index contributed by atoms with van der Waals surface area (Å²) in [6.45, 7) is 0. The fraction of sp³-hybridized carbons (Fsp3) is 0. The number of aromatic nitrogens is 1. The smallest absolute Gasteiger partial charge is 0.0638 e. The molecule has 0 atom stereocenters. The molecule has 0 saturated heterocycles. The highest BCUT2D eigenvalue weighted by Crippen LogP contribution is 2.44. The Morgan fingerprint density at radius 3 is 2.02 bits per heavy atom. The van der Waals surface area contributed by atoms with Crippen LogP contribution in [-0.2, 0) is 0 Å². The zero-order valence-corrected chi connectivity index (χ0v) is 24.2. The molecule has 0 bridgehead atoms. The van der Waals surface area contributed by atoms with Crippen LogP contribution in [0.15, 0.2) is 164 Å². The predicted octanol–water partition coefficient (Wildman–Crippen LogP) is 12.2. The van der Waals surface area contributed by atoms with Crippen LogP contribution in [0.1, 0.15) is 9.60 Å². The van der Waals surface area contributed by atoms with Gasteiger partial charge >= 0.3 is 0 Å². The van der Waals surface area contributed by atoms with Crippen LogP contribution >= 0.6 is 11.3 Å². The lowest BCUT2D eigenvalue weighted by Crippen LogP contribution is -1.98. The fourth-order valence-corrected chi connectivity index (χ4v) is 7.41. The molecule has 0 amide bonds. The molecule has 9 rings (SSSR count). The summed E-state index contributed by atoms with van der Waals surface area (Å²) < 4.78 is 64.1. The first-order valence-corrected chi connectivity index (χ1v) is 15.3. The van der Waals surface area contributed by atoms with Crippen molar-refractivity contribution in [2.24, 2.45) is 0 Å². The summed E-state index contributed by atoms with van der Waals surface area (Å²) in [5, 5.41) is 2.92. The molecule has 7 aromatic carbocycles. The van der Waals surface area contributed by atoms with Crippen molar-refractivity contribution < 1.29 is 9.60 Å². The van der Waals surface area contributed by atoms with E-state index in [0.717, 1.165) is 61.1 Å². The lowest BCUT2D eigenvalue weighted by Gasteiger charge is -2.17. The van der Waals surface area contributed by atoms with Gasteiger partial charge in [0.15, 0.2) is 0 Å². The molecule has 2 heteroatoms. The molecule has 0 unspecified atom stereocenters. The van der Waals surface area contributed by atoms with Gasteiger partial charge in [-0.1, -0.05) is 127 Å². The summed E-state index contributed by atoms with van der Waals surface area (Å²) in [6, 6.07) is 39.4. The number of benzene rings is 7. The summed E-state index contributed by atoms with van der Waals surface area (Å²) in [5.41, 5.74) is 7.98. The molecule has 1 nitrogen and oxygen atoms in total. The molecule has 0 saturated carbocycles. The lowest BCUT2D eigenvalue weighted by molar-refractivity contribution is 1.18. The summed E-state index contributed by atoms with van der Waals surface area (Å²) in [5.74, 6) is 0. The van der Waals surface area contributed by atoms with Gasteiger partial charge in [0, 0.05) is 36.5 Å². The van der Waals surface area contributed by atoms with Crippen LogP contribution in [0.4, 0.5) is 0 Å². The molecule has 206 valence electrons. The Morgan fingerprint density at radius 1 is 0.455 bits per heavy atom. The fourth-order valence-electron chi connectivity index (χ4n) is 6.44. The van der Waals surface area contributed by atoms with Crippen molar-refractivity contribution in [3.05, 3.63) is 164 Å². The second-order valence-electron chi connectivity index (χ2n) is 10.8. The van der Waals surface area contributed by atoms with Gasteiger partial charge in [-0.2, -0.15) is 0 Å². The average molecular weight is 585 g/mol. The lowest BCUT2D eigenvalue weighted by atomic mass is 9.91. The van der Waals surface area contributed by atoms with Gasteiger partial charge in [0.2, 0.25) is 0 Å². The van der Waals surface area contributed by atoms with E-state index < -0.39 is 0 Å². The maximum absolute atomic E-state index is 9.25. The first kappa shape index (κ1) is 19.0. The molecule has 2 aromatic heterocycles. The number of fused-ring (bicyclic) bond motifs is 6. The van der Waals surface area contributed by atoms with Crippen molar-refractivity contribution in [2.45, 2.75) is 0 Å². The molecule has 0 aliphatic heterocycles. The minimum absolute atomic E-state index is 0.158. The third kappa shape index (κ3) is 3.85. The van der Waals surface area contributed by atoms with Crippen LogP contribution < -0.4 is 0 Å². The molecule has 0 aliphatic carbocycles. The highest BCUT2D eigenvalue weighted by molar-refractivity contribution is 7.25. The Hall–Kier alpha value is -5.44. The monoisotopic (exact) mass is 584 g/mol. The quantitative estimate of drug-likeness (QED) is 0.194. The minimum Gasteiger partial charge on any atom is -0.309 e. The van der Waals surface area contributed by atoms with Gasteiger partial charge in [-0.3, -0.25) is 0 Å². The zero-order chi connectivity index (χ0) is 35.1. The number of nitrogens with zero attached hydrogens (tertiary/aromatic N) is 1. The molecule has 2 heterocycles. The maximum atomic E-state index is 9.25. The molecular weight excluding hydrogens is 551 g/mol. The van der Waals surface area contributed by atoms with E-state index in [1.165, 1.54) is 0 Å². The van der Waals surface area contributed by atoms with Gasteiger partial charge in [-0.05, 0) is 64.2 Å². The molecule has 0 aliphatic rings. The zero-order valence-electron chi connectivity index (χ0n) is 30.4. The van der Waals surface area contributed by atoms with Gasteiger partial charge in [-0.15, -0.1) is 11.3 Å². The maximum Gasteiger partial charge on any atom is 0.0638 e. The predicted molar refractivity (Wildman–Crippen MR) is 190 cm³/mol. The topological polar surface area (TPSA) is 4.93 Å². The second-order valence-corrected chi connectivity index (χ2v) is 11.8. The van der Waals surface area contributed by atoms with Crippen molar-refractivity contribution in [3.63, 3.8) is 0 Å². The van der Waals surface area contributed by atoms with Gasteiger partial charge in [0.25, 0.3) is 0 Å². The molecule has 44 heavy (non-hydrogen) atoms. The number of thiophene rings is 1. The second kappa shape index (κ2) is 10.1. The van der Waals surface area contributed by atoms with Crippen LogP contribution in [0.3, 0.4) is 0 Å². The molecule has 0 N–H and O–H groups in total. The number of para-hydroxylation sites is 2. The third-order valence-corrected chi connectivity index (χ3v) is 9.38. The normalized spacial score (nSPS) is 13.9. The molecule has 0 fully saturated rings. The van der Waals surface area contributed by atoms with Gasteiger partial charge in [0.1, 0.15) is 0 Å². The molecule has 0 spiro atoms. The molecule has 9 aromatic rings. The van der Waals surface area contributed by atoms with E-state index in [1.807, 2.05) is 66.7 Å². The standard InChI is InChI=1S/C42H27NS/c1-2-13-28(14-3-1)29-25-26-39-36(27-29)33-18-7-10-22-38(33)43(39)37-21-9-6-17-32(37)30-15-4-5-16-31(30)34-20-12-24-41-42(34)35-19-8-11-23-40(35)44-41/h1-27H/i8D,11D,12D,19D,20D,23D,24D. The van der Waals surface area contributed by atoms with E-state index in [-0.39, 0.29) is 47.7 Å². The van der Waals surface area contributed by atoms with Crippen molar-refractivity contribution in [1.82, 2.24) is 4.57 Å². The van der Waals surface area contributed by atoms with Crippen LogP contribution in [0.25, 0.3) is 81.0 Å². The van der Waals surface area contributed by atoms with E-state index in [4.69, 9.17) is 8.22 Å². The van der Waals surface area contributed by atoms with Crippen molar-refractivity contribution in [3.8, 4) is 39.1 Å². The van der Waals surface area contributed by atoms with E-state index in [0.29, 0.717) is 25.9 Å². The number of hydrogen-bond donors (Lipinski definition) is 0. The Labute approximate surface area is 269 Å². The highest BCUT2D eigenvalue weighted by Gasteiger charge is 2.19. The van der Waals surface area contributed by atoms with E-state index in [1.54, 1.807) is 0 Å². The van der Waals surface area contributed by atoms with Crippen molar-refractivity contribution in [2.75, 3.05) is 0 Å². The Bertz CT molecular complexity index is 2890. The van der Waals surface area contributed by atoms with Crippen LogP contribution in [0.2, 0.25) is 0 Å². The Morgan fingerprint density at radius 2 is 1.14 bits per heavy atom. The minimum atomic E-state index is -0.369. The van der Waals surface area contributed by atoms with Gasteiger partial charge in [-0.25, -0.2) is 0 Å². The summed E-state index contributed by atoms with van der Waals surface area (Å²) in [6.07, 6.45) is 0. The Balaban J connectivity index is 1.35. The summed E-state index contributed by atoms with van der Waals surface area (Å²) in [4.78, 5) is 0. The van der Waals surface area contributed by atoms with Crippen LogP contribution in [0, 0.1) is 0 Å². The third-order valence-electron chi connectivity index (χ3n) is 8.36. The highest BCUT2D eigenvalue weighted by atomic mass is 32.1. The van der Waals surface area contributed by atoms with E-state index >= 15 is 0 Å². The van der Waals surface area contributed by atoms with E-state index in [9.17, 15) is 1.37 Å².